The standard InChI is InChI=1S/C21H22N4O2/c26-18-8-4-15-5-9-20(19(15)14-18)24-21(27)16-2-6-17(7-3-16)22-11-13-25-12-1-10-23-25/h1-4,6-8,10,12,14,20,22,26H,5,9,11,13H2,(H,24,27). The van der Waals surface area contributed by atoms with Crippen molar-refractivity contribution >= 4 is 11.6 Å². The molecule has 3 aromatic rings. The first kappa shape index (κ1) is 17.1. The van der Waals surface area contributed by atoms with Crippen LogP contribution in [0.1, 0.15) is 33.9 Å². The molecular weight excluding hydrogens is 340 g/mol. The predicted molar refractivity (Wildman–Crippen MR) is 104 cm³/mol. The van der Waals surface area contributed by atoms with Crippen molar-refractivity contribution in [2.75, 3.05) is 11.9 Å². The van der Waals surface area contributed by atoms with E-state index in [-0.39, 0.29) is 17.7 Å². The van der Waals surface area contributed by atoms with Crippen LogP contribution in [-0.2, 0) is 13.0 Å². The van der Waals surface area contributed by atoms with Gasteiger partial charge in [0.25, 0.3) is 5.91 Å². The van der Waals surface area contributed by atoms with Crippen molar-refractivity contribution in [2.45, 2.75) is 25.4 Å². The first-order valence-electron chi connectivity index (χ1n) is 9.13. The summed E-state index contributed by atoms with van der Waals surface area (Å²) in [6, 6.07) is 14.7. The number of nitrogens with one attached hydrogen (secondary N) is 2. The molecule has 138 valence electrons. The Labute approximate surface area is 157 Å². The first-order valence-corrected chi connectivity index (χ1v) is 9.13. The average Bonchev–Trinajstić information content (AvgIpc) is 3.33. The zero-order chi connectivity index (χ0) is 18.6. The number of aromatic hydroxyl groups is 1. The Morgan fingerprint density at radius 1 is 1.22 bits per heavy atom. The van der Waals surface area contributed by atoms with Gasteiger partial charge in [-0.1, -0.05) is 6.07 Å². The van der Waals surface area contributed by atoms with Crippen LogP contribution in [0.3, 0.4) is 0 Å². The van der Waals surface area contributed by atoms with Crippen LogP contribution in [0.15, 0.2) is 60.9 Å². The number of anilines is 1. The van der Waals surface area contributed by atoms with Gasteiger partial charge in [-0.3, -0.25) is 9.48 Å². The Balaban J connectivity index is 1.34. The third-order valence-corrected chi connectivity index (χ3v) is 4.89. The maximum absolute atomic E-state index is 12.6. The van der Waals surface area contributed by atoms with E-state index in [1.165, 1.54) is 5.56 Å². The smallest absolute Gasteiger partial charge is 0.251 e. The highest BCUT2D eigenvalue weighted by atomic mass is 16.3. The summed E-state index contributed by atoms with van der Waals surface area (Å²) in [6.07, 6.45) is 5.46. The van der Waals surface area contributed by atoms with Gasteiger partial charge in [-0.25, -0.2) is 0 Å². The zero-order valence-electron chi connectivity index (χ0n) is 14.9. The minimum Gasteiger partial charge on any atom is -0.508 e. The highest BCUT2D eigenvalue weighted by Crippen LogP contribution is 2.33. The molecule has 1 aliphatic rings. The number of rotatable bonds is 6. The summed E-state index contributed by atoms with van der Waals surface area (Å²) in [5, 5.41) is 20.3. The lowest BCUT2D eigenvalue weighted by atomic mass is 10.1. The number of carbonyl (C=O) groups is 1. The van der Waals surface area contributed by atoms with Crippen molar-refractivity contribution < 1.29 is 9.90 Å². The molecule has 1 aliphatic carbocycles. The number of hydrogen-bond donors (Lipinski definition) is 3. The molecule has 1 unspecified atom stereocenters. The molecule has 6 heteroatoms. The Bertz CT molecular complexity index is 920. The molecule has 0 fully saturated rings. The fourth-order valence-corrected chi connectivity index (χ4v) is 3.47. The number of aryl methyl sites for hydroxylation is 1. The van der Waals surface area contributed by atoms with Crippen molar-refractivity contribution in [1.82, 2.24) is 15.1 Å². The monoisotopic (exact) mass is 362 g/mol. The van der Waals surface area contributed by atoms with Crippen LogP contribution in [0.2, 0.25) is 0 Å². The van der Waals surface area contributed by atoms with E-state index >= 15 is 0 Å². The predicted octanol–water partition coefficient (Wildman–Crippen LogP) is 3.12. The van der Waals surface area contributed by atoms with E-state index in [9.17, 15) is 9.90 Å². The topological polar surface area (TPSA) is 79.2 Å². The second-order valence-corrected chi connectivity index (χ2v) is 6.72. The molecule has 2 aromatic carbocycles. The van der Waals surface area contributed by atoms with Gasteiger partial charge in [0.15, 0.2) is 0 Å². The number of hydrogen-bond acceptors (Lipinski definition) is 4. The number of aromatic nitrogens is 2. The molecule has 6 nitrogen and oxygen atoms in total. The molecule has 0 bridgehead atoms. The highest BCUT2D eigenvalue weighted by molar-refractivity contribution is 5.94. The maximum atomic E-state index is 12.6. The number of nitrogens with zero attached hydrogens (tertiary/aromatic N) is 2. The van der Waals surface area contributed by atoms with Crippen molar-refractivity contribution in [3.63, 3.8) is 0 Å². The molecule has 0 radical (unpaired) electrons. The third kappa shape index (κ3) is 3.95. The van der Waals surface area contributed by atoms with Gasteiger partial charge in [-0.15, -0.1) is 0 Å². The van der Waals surface area contributed by atoms with Crippen LogP contribution in [0.4, 0.5) is 5.69 Å². The average molecular weight is 362 g/mol. The zero-order valence-corrected chi connectivity index (χ0v) is 14.9. The van der Waals surface area contributed by atoms with Gasteiger partial charge < -0.3 is 15.7 Å². The minimum atomic E-state index is -0.0979. The third-order valence-electron chi connectivity index (χ3n) is 4.89. The van der Waals surface area contributed by atoms with Crippen LogP contribution in [0, 0.1) is 0 Å². The Morgan fingerprint density at radius 2 is 2.07 bits per heavy atom. The molecular formula is C21H22N4O2. The fourth-order valence-electron chi connectivity index (χ4n) is 3.47. The van der Waals surface area contributed by atoms with E-state index in [1.54, 1.807) is 18.3 Å². The van der Waals surface area contributed by atoms with Gasteiger partial charge in [-0.05, 0) is 66.4 Å². The van der Waals surface area contributed by atoms with Crippen LogP contribution in [0.25, 0.3) is 0 Å². The van der Waals surface area contributed by atoms with Crippen LogP contribution in [0.5, 0.6) is 5.75 Å². The largest absolute Gasteiger partial charge is 0.508 e. The number of phenols is 1. The van der Waals surface area contributed by atoms with Crippen LogP contribution < -0.4 is 10.6 Å². The van der Waals surface area contributed by atoms with E-state index < -0.39 is 0 Å². The molecule has 0 spiro atoms. The van der Waals surface area contributed by atoms with Gasteiger partial charge in [0, 0.05) is 30.2 Å². The summed E-state index contributed by atoms with van der Waals surface area (Å²) in [4.78, 5) is 12.6. The molecule has 1 amide bonds. The SMILES string of the molecule is O=C(NC1CCc2ccc(O)cc21)c1ccc(NCCn2cccn2)cc1. The van der Waals surface area contributed by atoms with Crippen molar-refractivity contribution in [1.29, 1.82) is 0 Å². The van der Waals surface area contributed by atoms with E-state index in [2.05, 4.69) is 15.7 Å². The molecule has 0 aliphatic heterocycles. The maximum Gasteiger partial charge on any atom is 0.251 e. The van der Waals surface area contributed by atoms with Gasteiger partial charge in [0.2, 0.25) is 0 Å². The summed E-state index contributed by atoms with van der Waals surface area (Å²) < 4.78 is 1.87. The number of phenolic OH excluding ortho intramolecular Hbond substituents is 1. The molecule has 3 N–H and O–H groups in total. The van der Waals surface area contributed by atoms with Crippen molar-refractivity contribution in [3.05, 3.63) is 77.6 Å². The molecule has 0 saturated heterocycles. The second-order valence-electron chi connectivity index (χ2n) is 6.72. The molecule has 1 heterocycles. The summed E-state index contributed by atoms with van der Waals surface area (Å²) >= 11 is 0. The number of amides is 1. The summed E-state index contributed by atoms with van der Waals surface area (Å²) in [5.74, 6) is 0.139. The molecule has 1 aromatic heterocycles. The normalized spacial score (nSPS) is 15.3. The Morgan fingerprint density at radius 3 is 2.85 bits per heavy atom. The number of carbonyl (C=O) groups excluding carboxylic acids is 1. The lowest BCUT2D eigenvalue weighted by Gasteiger charge is -2.15. The lowest BCUT2D eigenvalue weighted by Crippen LogP contribution is -2.27. The van der Waals surface area contributed by atoms with E-state index in [1.807, 2.05) is 47.3 Å². The highest BCUT2D eigenvalue weighted by Gasteiger charge is 2.24. The van der Waals surface area contributed by atoms with Crippen LogP contribution in [-0.4, -0.2) is 27.3 Å². The number of benzene rings is 2. The molecule has 1 atom stereocenters. The van der Waals surface area contributed by atoms with Gasteiger partial charge in [0.1, 0.15) is 5.75 Å². The Hall–Kier alpha value is -3.28. The molecule has 4 rings (SSSR count). The first-order chi connectivity index (χ1) is 13.2. The molecule has 0 saturated carbocycles. The molecule has 27 heavy (non-hydrogen) atoms. The number of fused-ring (bicyclic) bond motifs is 1. The van der Waals surface area contributed by atoms with E-state index in [0.717, 1.165) is 37.2 Å². The summed E-state index contributed by atoms with van der Waals surface area (Å²) in [5.41, 5.74) is 3.80. The second kappa shape index (κ2) is 7.53. The quantitative estimate of drug-likeness (QED) is 0.629. The van der Waals surface area contributed by atoms with Crippen LogP contribution >= 0.6 is 0 Å². The van der Waals surface area contributed by atoms with E-state index in [0.29, 0.717) is 5.56 Å². The summed E-state index contributed by atoms with van der Waals surface area (Å²) in [7, 11) is 0. The summed E-state index contributed by atoms with van der Waals surface area (Å²) in [6.45, 7) is 1.54. The lowest BCUT2D eigenvalue weighted by molar-refractivity contribution is 0.0936. The van der Waals surface area contributed by atoms with Gasteiger partial charge >= 0.3 is 0 Å². The Kier molecular flexibility index (Phi) is 4.78. The van der Waals surface area contributed by atoms with Gasteiger partial charge in [0.05, 0.1) is 12.6 Å². The van der Waals surface area contributed by atoms with E-state index in [4.69, 9.17) is 0 Å². The van der Waals surface area contributed by atoms with Crippen molar-refractivity contribution in [2.24, 2.45) is 0 Å². The van der Waals surface area contributed by atoms with Crippen molar-refractivity contribution in [3.8, 4) is 5.75 Å². The van der Waals surface area contributed by atoms with Gasteiger partial charge in [-0.2, -0.15) is 5.10 Å². The fraction of sp³-hybridized carbons (Fsp3) is 0.238. The minimum absolute atomic E-state index is 0.0496.